The highest BCUT2D eigenvalue weighted by Crippen LogP contribution is 2.46. The van der Waals surface area contributed by atoms with Crippen LogP contribution in [0.2, 0.25) is 0 Å². The largest absolute Gasteiger partial charge is 0.534 e. The number of esters is 1. The molecule has 5 aliphatic rings. The fourth-order valence-electron chi connectivity index (χ4n) is 7.60. The number of nitrogens with two attached hydrogens (primary N) is 1. The first kappa shape index (κ1) is 35.3. The first-order valence-electron chi connectivity index (χ1n) is 26.0. The van der Waals surface area contributed by atoms with E-state index >= 15 is 0 Å². The number of hydroxylamine groups is 2. The molecule has 1 heterocycles. The average molecular weight is 798 g/mol. The van der Waals surface area contributed by atoms with Gasteiger partial charge in [-0.2, -0.15) is 0 Å². The number of rotatable bonds is 17. The highest BCUT2D eigenvalue weighted by molar-refractivity contribution is 6.01. The maximum Gasteiger partial charge on any atom is 0.534 e. The highest BCUT2D eigenvalue weighted by Gasteiger charge is 2.45. The van der Waals surface area contributed by atoms with Crippen LogP contribution in [0.1, 0.15) is 157 Å². The van der Waals surface area contributed by atoms with Crippen molar-refractivity contribution in [2.75, 3.05) is 0 Å². The van der Waals surface area contributed by atoms with Gasteiger partial charge in [0.1, 0.15) is 18.2 Å². The standard InChI is InChI=1S/C18H28O4.C13H17NO5.C8H15NO2.ClH.7H2/c1-3-4-5-8-13-11-15(13)22-16(19)12-14(17(20)21)18(2)9-6-7-10-18;1-2-3-4-5-9-8-10(9)18-13(17)19-14-11(15)6-7-12(14)16;1-8(4-2-3-5-8)6(9)7(10)11;;;;;;;;/h3,13-15H,1,4-12H2,2H3,(H,20,21);2,9-10H,1,3-8H2;6H,2-5,9H2,1H3,(H,10,11);8*1H/t13-,14-,15-;9-,10-;6-;;;;;;;;/m111......../s1/i;;;;7*1+1D. The molecule has 14 heteroatoms. The molecule has 0 radical (unpaired) electrons. The SMILES string of the molecule is C=CCCC[C@@H]1C[C@H]1OC(=O)C[C@H](C(=O)O)C1(C)CCCC1.C=CCCC[C@@H]1C[C@H]1OC(=O)ON1C(=O)CCC1=O.CC1([C@H](N)C(=O)O)CCCC1.Cl.[2H][2H].[2H][2H].[2H][2H].[2H][2H].[2H][2H].[2H][2H].[2H][2H]. The Morgan fingerprint density at radius 2 is 1.30 bits per heavy atom. The predicted molar refractivity (Wildman–Crippen MR) is 213 cm³/mol. The van der Waals surface area contributed by atoms with Crippen LogP contribution in [0.4, 0.5) is 4.79 Å². The summed E-state index contributed by atoms with van der Waals surface area (Å²) in [6.07, 6.45) is 18.7. The molecule has 0 aromatic carbocycles. The first-order valence-corrected chi connectivity index (χ1v) is 19.0. The summed E-state index contributed by atoms with van der Waals surface area (Å²) in [5.74, 6) is -2.85. The Hall–Kier alpha value is -3.45. The molecule has 0 aromatic heterocycles. The average Bonchev–Trinajstić information content (AvgIpc) is 4.08. The van der Waals surface area contributed by atoms with E-state index in [4.69, 9.17) is 41.1 Å². The number of carboxylic acid groups (broad SMARTS) is 2. The summed E-state index contributed by atoms with van der Waals surface area (Å²) in [4.78, 5) is 72.7. The monoisotopic (exact) mass is 797 g/mol. The number of amides is 2. The van der Waals surface area contributed by atoms with Gasteiger partial charge >= 0.3 is 24.1 Å². The van der Waals surface area contributed by atoms with Gasteiger partial charge in [0.15, 0.2) is 0 Å². The van der Waals surface area contributed by atoms with Crippen LogP contribution in [-0.2, 0) is 38.3 Å². The lowest BCUT2D eigenvalue weighted by molar-refractivity contribution is -0.177. The van der Waals surface area contributed by atoms with E-state index in [0.29, 0.717) is 16.9 Å². The number of nitrogens with zero attached hydrogens (tertiary/aromatic N) is 1. The van der Waals surface area contributed by atoms with Crippen molar-refractivity contribution >= 4 is 48.3 Å². The van der Waals surface area contributed by atoms with Crippen LogP contribution in [-0.4, -0.2) is 69.4 Å². The van der Waals surface area contributed by atoms with Crippen LogP contribution in [0.5, 0.6) is 0 Å². The molecule has 314 valence electrons. The molecule has 4 aliphatic carbocycles. The van der Waals surface area contributed by atoms with Crippen molar-refractivity contribution in [1.82, 2.24) is 5.06 Å². The lowest BCUT2D eigenvalue weighted by Gasteiger charge is -2.30. The molecule has 4 N–H and O–H groups in total. The molecule has 0 spiro atoms. The third-order valence-corrected chi connectivity index (χ3v) is 11.4. The number of unbranched alkanes of at least 4 members (excludes halogenated alkanes) is 2. The number of allylic oxidation sites excluding steroid dienone is 2. The maximum atomic E-state index is 12.1. The van der Waals surface area contributed by atoms with Gasteiger partial charge in [-0.1, -0.05) is 56.7 Å². The number of imide groups is 1. The van der Waals surface area contributed by atoms with E-state index in [9.17, 15) is 33.9 Å². The molecular weight excluding hydrogens is 708 g/mol. The summed E-state index contributed by atoms with van der Waals surface area (Å²) in [5.41, 5.74) is 5.16. The fraction of sp³-hybridized carbons (Fsp3) is 0.744. The molecule has 53 heavy (non-hydrogen) atoms. The Morgan fingerprint density at radius 1 is 0.849 bits per heavy atom. The number of aliphatic carboxylic acids is 2. The van der Waals surface area contributed by atoms with Crippen LogP contribution in [0, 0.1) is 28.6 Å². The zero-order valence-corrected chi connectivity index (χ0v) is 32.3. The molecule has 1 saturated heterocycles. The number of carbonyl (C=O) groups excluding carboxylic acids is 4. The summed E-state index contributed by atoms with van der Waals surface area (Å²) in [6.45, 7) is 11.3. The van der Waals surface area contributed by atoms with E-state index in [1.807, 2.05) is 26.0 Å². The van der Waals surface area contributed by atoms with Crippen LogP contribution in [0.15, 0.2) is 25.3 Å². The molecule has 0 bridgehead atoms. The lowest BCUT2D eigenvalue weighted by atomic mass is 9.74. The summed E-state index contributed by atoms with van der Waals surface area (Å²) >= 11 is 0. The van der Waals surface area contributed by atoms with E-state index in [-0.39, 0.29) is 60.7 Å². The molecule has 2 amide bonds. The third kappa shape index (κ3) is 14.4. The van der Waals surface area contributed by atoms with Gasteiger partial charge < -0.3 is 25.4 Å². The van der Waals surface area contributed by atoms with Gasteiger partial charge in [0.2, 0.25) is 0 Å². The van der Waals surface area contributed by atoms with E-state index in [0.717, 1.165) is 103 Å². The minimum absolute atomic E-state index is 0. The molecule has 0 aromatic rings. The summed E-state index contributed by atoms with van der Waals surface area (Å²) in [6, 6.07) is -0.676. The van der Waals surface area contributed by atoms with Gasteiger partial charge in [-0.25, -0.2) is 4.79 Å². The molecule has 6 atom stereocenters. The number of ether oxygens (including phenoxy) is 2. The van der Waals surface area contributed by atoms with Crippen LogP contribution in [0.25, 0.3) is 0 Å². The first-order chi connectivity index (χ1) is 31.6. The Bertz CT molecular complexity index is 1330. The Labute approximate surface area is 341 Å². The van der Waals surface area contributed by atoms with Gasteiger partial charge in [0.25, 0.3) is 11.8 Å². The van der Waals surface area contributed by atoms with Crippen molar-refractivity contribution < 1.29 is 74.1 Å². The minimum atomic E-state index is -0.972. The molecule has 5 rings (SSSR count). The van der Waals surface area contributed by atoms with Gasteiger partial charge in [-0.15, -0.1) is 25.6 Å². The zero-order chi connectivity index (χ0) is 52.5. The van der Waals surface area contributed by atoms with Crippen molar-refractivity contribution in [1.29, 1.82) is 0 Å². The summed E-state index contributed by atoms with van der Waals surface area (Å²) < 4.78 is 80.5. The third-order valence-electron chi connectivity index (χ3n) is 11.4. The van der Waals surface area contributed by atoms with Gasteiger partial charge in [0.05, 0.1) is 12.3 Å². The van der Waals surface area contributed by atoms with Crippen molar-refractivity contribution in [3.05, 3.63) is 25.3 Å². The van der Waals surface area contributed by atoms with Crippen LogP contribution >= 0.6 is 12.4 Å². The Morgan fingerprint density at radius 3 is 1.74 bits per heavy atom. The Kier molecular flexibility index (Phi) is 14.3. The van der Waals surface area contributed by atoms with E-state index in [2.05, 4.69) is 18.0 Å². The van der Waals surface area contributed by atoms with E-state index in [1.54, 1.807) is 0 Å². The molecule has 5 fully saturated rings. The topological polar surface area (TPSA) is 200 Å². The second kappa shape index (κ2) is 21.4. The van der Waals surface area contributed by atoms with Crippen molar-refractivity contribution in [3.8, 4) is 0 Å². The number of carboxylic acids is 2. The van der Waals surface area contributed by atoms with E-state index in [1.165, 1.54) is 0 Å². The highest BCUT2D eigenvalue weighted by atomic mass is 35.5. The zero-order valence-electron chi connectivity index (χ0n) is 45.5. The summed E-state index contributed by atoms with van der Waals surface area (Å²) in [7, 11) is 0. The molecule has 4 saturated carbocycles. The number of hydrogen-bond acceptors (Lipinski definition) is 10. The summed E-state index contributed by atoms with van der Waals surface area (Å²) in [5, 5.41) is 18.7. The smallest absolute Gasteiger partial charge is 0.481 e. The predicted octanol–water partition coefficient (Wildman–Crippen LogP) is 9.02. The maximum absolute atomic E-state index is 12.1. The molecule has 1 aliphatic heterocycles. The second-order valence-electron chi connectivity index (χ2n) is 15.7. The van der Waals surface area contributed by atoms with Gasteiger partial charge in [-0.3, -0.25) is 28.8 Å². The normalized spacial score (nSPS) is 26.6. The van der Waals surface area contributed by atoms with E-state index < -0.39 is 41.9 Å². The quantitative estimate of drug-likeness (QED) is 0.0547. The molecular formula is C39H75ClN2O11. The van der Waals surface area contributed by atoms with Crippen LogP contribution < -0.4 is 5.73 Å². The van der Waals surface area contributed by atoms with Crippen LogP contribution in [0.3, 0.4) is 0 Å². The van der Waals surface area contributed by atoms with Crippen molar-refractivity contribution in [3.63, 3.8) is 0 Å². The van der Waals surface area contributed by atoms with Gasteiger partial charge in [0, 0.05) is 33.6 Å². The number of hydrogen-bond donors (Lipinski definition) is 3. The molecule has 13 nitrogen and oxygen atoms in total. The van der Waals surface area contributed by atoms with Gasteiger partial charge in [-0.05, 0) is 99.7 Å². The molecule has 0 unspecified atom stereocenters. The van der Waals surface area contributed by atoms with Crippen molar-refractivity contribution in [2.45, 2.75) is 154 Å². The fourth-order valence-corrected chi connectivity index (χ4v) is 7.60. The number of carbonyl (C=O) groups is 6. The lowest BCUT2D eigenvalue weighted by Crippen LogP contribution is -2.44. The van der Waals surface area contributed by atoms with Crippen molar-refractivity contribution in [2.24, 2.45) is 34.3 Å². The Balaban J connectivity index is -0.000000188. The number of halogens is 1. The minimum Gasteiger partial charge on any atom is -0.481 e. The second-order valence-corrected chi connectivity index (χ2v) is 15.7.